The Hall–Kier alpha value is -3.27. The van der Waals surface area contributed by atoms with Gasteiger partial charge in [0.25, 0.3) is 5.91 Å². The van der Waals surface area contributed by atoms with Crippen molar-refractivity contribution in [2.24, 2.45) is 0 Å². The summed E-state index contributed by atoms with van der Waals surface area (Å²) in [6, 6.07) is 8.61. The van der Waals surface area contributed by atoms with Gasteiger partial charge >= 0.3 is 12.2 Å². The lowest BCUT2D eigenvalue weighted by molar-refractivity contribution is -0.137. The third-order valence-electron chi connectivity index (χ3n) is 4.99. The van der Waals surface area contributed by atoms with E-state index < -0.39 is 17.8 Å². The first-order valence-electron chi connectivity index (χ1n) is 10.2. The van der Waals surface area contributed by atoms with Gasteiger partial charge in [-0.15, -0.1) is 0 Å². The zero-order valence-corrected chi connectivity index (χ0v) is 17.6. The molecular weight excluding hydrogens is 425 g/mol. The van der Waals surface area contributed by atoms with E-state index in [0.717, 1.165) is 43.8 Å². The highest BCUT2D eigenvalue weighted by Crippen LogP contribution is 2.31. The molecule has 0 bridgehead atoms. The largest absolute Gasteiger partial charge is 0.416 e. The van der Waals surface area contributed by atoms with Crippen molar-refractivity contribution in [1.82, 2.24) is 5.32 Å². The average Bonchev–Trinajstić information content (AvgIpc) is 3.28. The van der Waals surface area contributed by atoms with E-state index in [0.29, 0.717) is 24.4 Å². The molecule has 1 aliphatic rings. The molecule has 0 saturated carbocycles. The Labute approximate surface area is 183 Å². The second-order valence-corrected chi connectivity index (χ2v) is 7.33. The van der Waals surface area contributed by atoms with E-state index in [2.05, 4.69) is 20.9 Å². The fraction of sp³-hybridized carbons (Fsp3) is 0.364. The maximum absolute atomic E-state index is 12.9. The molecule has 2 aromatic rings. The van der Waals surface area contributed by atoms with Crippen LogP contribution in [0.5, 0.6) is 0 Å². The first-order chi connectivity index (χ1) is 15.3. The standard InChI is InChI=1S/C22H25F3N4O3/c1-32-12-9-26-20(30)18-14-17(7-8-19(18)29-10-2-3-11-29)28-21(31)27-16-6-4-5-15(13-16)22(23,24)25/h4-8,13-14H,2-3,9-12H2,1H3,(H,26,30)(H2,27,28,31). The molecule has 3 amide bonds. The minimum atomic E-state index is -4.51. The highest BCUT2D eigenvalue weighted by molar-refractivity contribution is 6.04. The Morgan fingerprint density at radius 3 is 2.38 bits per heavy atom. The number of urea groups is 1. The van der Waals surface area contributed by atoms with Gasteiger partial charge in [-0.2, -0.15) is 13.2 Å². The summed E-state index contributed by atoms with van der Waals surface area (Å²) in [5.41, 5.74) is 0.652. The normalized spacial score (nSPS) is 13.7. The zero-order chi connectivity index (χ0) is 23.1. The smallest absolute Gasteiger partial charge is 0.383 e. The van der Waals surface area contributed by atoms with Crippen LogP contribution in [0.2, 0.25) is 0 Å². The highest BCUT2D eigenvalue weighted by Gasteiger charge is 2.30. The van der Waals surface area contributed by atoms with Crippen LogP contribution in [0.15, 0.2) is 42.5 Å². The number of hydrogen-bond acceptors (Lipinski definition) is 4. The average molecular weight is 450 g/mol. The van der Waals surface area contributed by atoms with Gasteiger partial charge in [0.15, 0.2) is 0 Å². The van der Waals surface area contributed by atoms with Crippen LogP contribution in [0.4, 0.5) is 35.0 Å². The van der Waals surface area contributed by atoms with E-state index in [9.17, 15) is 22.8 Å². The number of rotatable bonds is 7. The Morgan fingerprint density at radius 1 is 1.03 bits per heavy atom. The number of halogens is 3. The molecule has 0 radical (unpaired) electrons. The number of carbonyl (C=O) groups is 2. The lowest BCUT2D eigenvalue weighted by atomic mass is 10.1. The summed E-state index contributed by atoms with van der Waals surface area (Å²) in [5.74, 6) is -0.300. The van der Waals surface area contributed by atoms with Gasteiger partial charge in [-0.3, -0.25) is 4.79 Å². The number of ether oxygens (including phenoxy) is 1. The van der Waals surface area contributed by atoms with Crippen LogP contribution in [0.3, 0.4) is 0 Å². The molecule has 1 saturated heterocycles. The van der Waals surface area contributed by atoms with E-state index in [1.165, 1.54) is 19.2 Å². The van der Waals surface area contributed by atoms with Crippen molar-refractivity contribution in [2.45, 2.75) is 19.0 Å². The molecule has 10 heteroatoms. The Balaban J connectivity index is 1.75. The molecule has 0 spiro atoms. The zero-order valence-electron chi connectivity index (χ0n) is 17.6. The predicted molar refractivity (Wildman–Crippen MR) is 116 cm³/mol. The fourth-order valence-electron chi connectivity index (χ4n) is 3.46. The summed E-state index contributed by atoms with van der Waals surface area (Å²) in [5, 5.41) is 7.74. The van der Waals surface area contributed by atoms with Crippen LogP contribution >= 0.6 is 0 Å². The molecule has 0 aromatic heterocycles. The molecule has 3 rings (SSSR count). The Kier molecular flexibility index (Phi) is 7.57. The molecule has 0 unspecified atom stereocenters. The summed E-state index contributed by atoms with van der Waals surface area (Å²) in [7, 11) is 1.54. The molecule has 172 valence electrons. The Morgan fingerprint density at radius 2 is 1.72 bits per heavy atom. The van der Waals surface area contributed by atoms with Crippen LogP contribution in [-0.4, -0.2) is 45.3 Å². The van der Waals surface area contributed by atoms with Crippen LogP contribution in [-0.2, 0) is 10.9 Å². The molecule has 0 atom stereocenters. The summed E-state index contributed by atoms with van der Waals surface area (Å²) < 4.78 is 43.6. The summed E-state index contributed by atoms with van der Waals surface area (Å²) >= 11 is 0. The second-order valence-electron chi connectivity index (χ2n) is 7.33. The van der Waals surface area contributed by atoms with E-state index >= 15 is 0 Å². The van der Waals surface area contributed by atoms with Gasteiger partial charge in [-0.25, -0.2) is 4.79 Å². The maximum Gasteiger partial charge on any atom is 0.416 e. The fourth-order valence-corrected chi connectivity index (χ4v) is 3.46. The van der Waals surface area contributed by atoms with E-state index in [4.69, 9.17) is 4.74 Å². The van der Waals surface area contributed by atoms with Gasteiger partial charge in [0.2, 0.25) is 0 Å². The first-order valence-corrected chi connectivity index (χ1v) is 10.2. The van der Waals surface area contributed by atoms with Crippen LogP contribution in [0.1, 0.15) is 28.8 Å². The minimum absolute atomic E-state index is 0.00328. The van der Waals surface area contributed by atoms with Crippen molar-refractivity contribution in [1.29, 1.82) is 0 Å². The minimum Gasteiger partial charge on any atom is -0.383 e. The molecule has 2 aromatic carbocycles. The molecular formula is C22H25F3N4O3. The Bertz CT molecular complexity index is 960. The highest BCUT2D eigenvalue weighted by atomic mass is 19.4. The van der Waals surface area contributed by atoms with Crippen molar-refractivity contribution in [2.75, 3.05) is 48.9 Å². The van der Waals surface area contributed by atoms with Gasteiger partial charge in [0, 0.05) is 43.8 Å². The molecule has 1 heterocycles. The maximum atomic E-state index is 12.9. The number of anilines is 3. The summed E-state index contributed by atoms with van der Waals surface area (Å²) in [4.78, 5) is 27.2. The number of nitrogens with zero attached hydrogens (tertiary/aromatic N) is 1. The molecule has 32 heavy (non-hydrogen) atoms. The SMILES string of the molecule is COCCNC(=O)c1cc(NC(=O)Nc2cccc(C(F)(F)F)c2)ccc1N1CCCC1. The topological polar surface area (TPSA) is 82.7 Å². The third kappa shape index (κ3) is 6.13. The van der Waals surface area contributed by atoms with Crippen LogP contribution < -0.4 is 20.9 Å². The lowest BCUT2D eigenvalue weighted by Gasteiger charge is -2.22. The van der Waals surface area contributed by atoms with Gasteiger partial charge < -0.3 is 25.6 Å². The van der Waals surface area contributed by atoms with Crippen LogP contribution in [0, 0.1) is 0 Å². The number of benzene rings is 2. The number of hydrogen-bond donors (Lipinski definition) is 3. The van der Waals surface area contributed by atoms with Crippen molar-refractivity contribution >= 4 is 29.0 Å². The number of carbonyl (C=O) groups excluding carboxylic acids is 2. The van der Waals surface area contributed by atoms with E-state index in [1.54, 1.807) is 18.2 Å². The van der Waals surface area contributed by atoms with E-state index in [-0.39, 0.29) is 11.6 Å². The van der Waals surface area contributed by atoms with E-state index in [1.807, 2.05) is 0 Å². The molecule has 0 aliphatic carbocycles. The number of alkyl halides is 3. The monoisotopic (exact) mass is 450 g/mol. The van der Waals surface area contributed by atoms with Crippen LogP contribution in [0.25, 0.3) is 0 Å². The van der Waals surface area contributed by atoms with Crippen molar-refractivity contribution in [3.63, 3.8) is 0 Å². The molecule has 1 aliphatic heterocycles. The van der Waals surface area contributed by atoms with Crippen molar-refractivity contribution in [3.05, 3.63) is 53.6 Å². The van der Waals surface area contributed by atoms with Gasteiger partial charge in [0.1, 0.15) is 0 Å². The first kappa shape index (κ1) is 23.4. The molecule has 7 nitrogen and oxygen atoms in total. The molecule has 3 N–H and O–H groups in total. The number of amides is 3. The summed E-state index contributed by atoms with van der Waals surface area (Å²) in [6.45, 7) is 2.37. The predicted octanol–water partition coefficient (Wildman–Crippen LogP) is 4.33. The van der Waals surface area contributed by atoms with Crippen molar-refractivity contribution in [3.8, 4) is 0 Å². The quantitative estimate of drug-likeness (QED) is 0.549. The van der Waals surface area contributed by atoms with Gasteiger partial charge in [-0.05, 0) is 49.2 Å². The lowest BCUT2D eigenvalue weighted by Crippen LogP contribution is -2.30. The molecule has 1 fully saturated rings. The summed E-state index contributed by atoms with van der Waals surface area (Å²) in [6.07, 6.45) is -2.45. The second kappa shape index (κ2) is 10.4. The van der Waals surface area contributed by atoms with Gasteiger partial charge in [-0.1, -0.05) is 6.07 Å². The third-order valence-corrected chi connectivity index (χ3v) is 4.99. The van der Waals surface area contributed by atoms with Crippen molar-refractivity contribution < 1.29 is 27.5 Å². The number of nitrogens with one attached hydrogen (secondary N) is 3. The van der Waals surface area contributed by atoms with Gasteiger partial charge in [0.05, 0.1) is 17.7 Å². The number of methoxy groups -OCH3 is 1.